The van der Waals surface area contributed by atoms with Crippen LogP contribution in [0.5, 0.6) is 0 Å². The largest absolute Gasteiger partial charge is 0.391 e. The van der Waals surface area contributed by atoms with Gasteiger partial charge in [0.2, 0.25) is 5.91 Å². The number of rotatable bonds is 2. The smallest absolute Gasteiger partial charge is 0.279 e. The second-order valence-corrected chi connectivity index (χ2v) is 5.26. The Morgan fingerprint density at radius 1 is 1.44 bits per heavy atom. The van der Waals surface area contributed by atoms with E-state index in [1.807, 2.05) is 0 Å². The number of carbonyl (C=O) groups excluding carboxylic acids is 2. The summed E-state index contributed by atoms with van der Waals surface area (Å²) in [7, 11) is 0. The predicted molar refractivity (Wildman–Crippen MR) is 61.2 cm³/mol. The normalized spacial score (nSPS) is 34.6. The van der Waals surface area contributed by atoms with Crippen LogP contribution in [0.15, 0.2) is 0 Å². The fourth-order valence-corrected chi connectivity index (χ4v) is 2.87. The molecule has 6 heteroatoms. The molecular formula is C10H16N2O3S. The van der Waals surface area contributed by atoms with Gasteiger partial charge in [-0.1, -0.05) is 24.6 Å². The molecule has 3 atom stereocenters. The number of nitrogens with one attached hydrogen (secondary N) is 2. The maximum absolute atomic E-state index is 11.8. The SMILES string of the molecule is O=C1NC(C(=O)N[C@H]2CCCC[C@@H]2O)CS1. The molecule has 1 saturated heterocycles. The van der Waals surface area contributed by atoms with Crippen LogP contribution in [0.1, 0.15) is 25.7 Å². The standard InChI is InChI=1S/C10H16N2O3S/c13-8-4-2-1-3-6(8)11-9(14)7-5-16-10(15)12-7/h6-8,13H,1-5H2,(H,11,14)(H,12,15)/t6-,7?,8-/m0/s1. The van der Waals surface area contributed by atoms with Crippen LogP contribution in [-0.4, -0.2) is 40.2 Å². The number of hydrogen-bond donors (Lipinski definition) is 3. The molecule has 16 heavy (non-hydrogen) atoms. The molecule has 0 aromatic carbocycles. The molecule has 1 saturated carbocycles. The Bertz CT molecular complexity index is 298. The average Bonchev–Trinajstić information content (AvgIpc) is 2.68. The van der Waals surface area contributed by atoms with Gasteiger partial charge in [0.05, 0.1) is 12.1 Å². The molecule has 1 aliphatic carbocycles. The third-order valence-corrected chi connectivity index (χ3v) is 3.93. The molecule has 0 spiro atoms. The van der Waals surface area contributed by atoms with Gasteiger partial charge in [0.15, 0.2) is 0 Å². The van der Waals surface area contributed by atoms with Crippen molar-refractivity contribution in [2.24, 2.45) is 0 Å². The Kier molecular flexibility index (Phi) is 3.70. The van der Waals surface area contributed by atoms with Gasteiger partial charge < -0.3 is 15.7 Å². The summed E-state index contributed by atoms with van der Waals surface area (Å²) in [5, 5.41) is 15.0. The van der Waals surface area contributed by atoms with Crippen molar-refractivity contribution in [1.82, 2.24) is 10.6 Å². The zero-order chi connectivity index (χ0) is 11.5. The molecule has 0 aromatic heterocycles. The minimum Gasteiger partial charge on any atom is -0.391 e. The van der Waals surface area contributed by atoms with Crippen LogP contribution in [0.2, 0.25) is 0 Å². The number of thioether (sulfide) groups is 1. The first-order valence-electron chi connectivity index (χ1n) is 5.58. The van der Waals surface area contributed by atoms with Crippen LogP contribution < -0.4 is 10.6 Å². The molecule has 1 unspecified atom stereocenters. The van der Waals surface area contributed by atoms with Crippen LogP contribution in [0.4, 0.5) is 4.79 Å². The van der Waals surface area contributed by atoms with Crippen molar-refractivity contribution in [2.45, 2.75) is 43.9 Å². The van der Waals surface area contributed by atoms with Gasteiger partial charge in [-0.2, -0.15) is 0 Å². The summed E-state index contributed by atoms with van der Waals surface area (Å²) >= 11 is 1.12. The number of aliphatic hydroxyl groups excluding tert-OH is 1. The van der Waals surface area contributed by atoms with Crippen molar-refractivity contribution in [2.75, 3.05) is 5.75 Å². The van der Waals surface area contributed by atoms with Crippen LogP contribution in [0.3, 0.4) is 0 Å². The van der Waals surface area contributed by atoms with Gasteiger partial charge in [-0.3, -0.25) is 9.59 Å². The van der Waals surface area contributed by atoms with E-state index in [0.717, 1.165) is 37.4 Å². The second-order valence-electron chi connectivity index (χ2n) is 4.26. The van der Waals surface area contributed by atoms with Crippen molar-refractivity contribution < 1.29 is 14.7 Å². The fraction of sp³-hybridized carbons (Fsp3) is 0.800. The first-order valence-corrected chi connectivity index (χ1v) is 6.57. The molecule has 2 amide bonds. The Morgan fingerprint density at radius 3 is 2.81 bits per heavy atom. The molecule has 2 fully saturated rings. The quantitative estimate of drug-likeness (QED) is 0.650. The minimum absolute atomic E-state index is 0.149. The topological polar surface area (TPSA) is 78.4 Å². The van der Waals surface area contributed by atoms with Gasteiger partial charge in [0.1, 0.15) is 6.04 Å². The summed E-state index contributed by atoms with van der Waals surface area (Å²) in [6.45, 7) is 0. The highest BCUT2D eigenvalue weighted by atomic mass is 32.2. The monoisotopic (exact) mass is 244 g/mol. The van der Waals surface area contributed by atoms with Crippen molar-refractivity contribution in [3.8, 4) is 0 Å². The number of hydrogen-bond acceptors (Lipinski definition) is 4. The van der Waals surface area contributed by atoms with E-state index in [1.165, 1.54) is 0 Å². The Hall–Kier alpha value is -0.750. The van der Waals surface area contributed by atoms with E-state index in [2.05, 4.69) is 10.6 Å². The van der Waals surface area contributed by atoms with Crippen LogP contribution in [0.25, 0.3) is 0 Å². The van der Waals surface area contributed by atoms with Gasteiger partial charge >= 0.3 is 0 Å². The number of aliphatic hydroxyl groups is 1. The molecule has 1 heterocycles. The molecule has 3 N–H and O–H groups in total. The Labute approximate surface area is 98.4 Å². The molecule has 2 rings (SSSR count). The molecule has 0 radical (unpaired) electrons. The highest BCUT2D eigenvalue weighted by molar-refractivity contribution is 8.14. The summed E-state index contributed by atoms with van der Waals surface area (Å²) in [6.07, 6.45) is 3.18. The lowest BCUT2D eigenvalue weighted by Gasteiger charge is -2.29. The van der Waals surface area contributed by atoms with E-state index in [-0.39, 0.29) is 17.2 Å². The Morgan fingerprint density at radius 2 is 2.19 bits per heavy atom. The maximum atomic E-state index is 11.8. The summed E-state index contributed by atoms with van der Waals surface area (Å²) < 4.78 is 0. The molecular weight excluding hydrogens is 228 g/mol. The van der Waals surface area contributed by atoms with E-state index in [4.69, 9.17) is 0 Å². The molecule has 2 aliphatic rings. The lowest BCUT2D eigenvalue weighted by molar-refractivity contribution is -0.124. The second kappa shape index (κ2) is 5.05. The van der Waals surface area contributed by atoms with Crippen molar-refractivity contribution >= 4 is 22.9 Å². The van der Waals surface area contributed by atoms with Crippen molar-refractivity contribution in [3.05, 3.63) is 0 Å². The summed E-state index contributed by atoms with van der Waals surface area (Å²) in [5.74, 6) is 0.303. The average molecular weight is 244 g/mol. The molecule has 90 valence electrons. The highest BCUT2D eigenvalue weighted by Gasteiger charge is 2.31. The van der Waals surface area contributed by atoms with Crippen molar-refractivity contribution in [1.29, 1.82) is 0 Å². The molecule has 0 aromatic rings. The van der Waals surface area contributed by atoms with Crippen LogP contribution in [-0.2, 0) is 4.79 Å². The summed E-state index contributed by atoms with van der Waals surface area (Å²) in [5.41, 5.74) is 0. The number of amides is 2. The van der Waals surface area contributed by atoms with E-state index < -0.39 is 12.1 Å². The molecule has 1 aliphatic heterocycles. The van der Waals surface area contributed by atoms with Gasteiger partial charge in [0, 0.05) is 5.75 Å². The van der Waals surface area contributed by atoms with Crippen LogP contribution >= 0.6 is 11.8 Å². The highest BCUT2D eigenvalue weighted by Crippen LogP contribution is 2.19. The van der Waals surface area contributed by atoms with Crippen molar-refractivity contribution in [3.63, 3.8) is 0 Å². The summed E-state index contributed by atoms with van der Waals surface area (Å²) in [4.78, 5) is 22.7. The lowest BCUT2D eigenvalue weighted by Crippen LogP contribution is -2.51. The van der Waals surface area contributed by atoms with Gasteiger partial charge in [-0.15, -0.1) is 0 Å². The van der Waals surface area contributed by atoms with Crippen LogP contribution in [0, 0.1) is 0 Å². The predicted octanol–water partition coefficient (Wildman–Crippen LogP) is 0.231. The van der Waals surface area contributed by atoms with E-state index in [0.29, 0.717) is 5.75 Å². The van der Waals surface area contributed by atoms with Gasteiger partial charge in [-0.25, -0.2) is 0 Å². The zero-order valence-corrected chi connectivity index (χ0v) is 9.76. The first kappa shape index (κ1) is 11.7. The lowest BCUT2D eigenvalue weighted by atomic mass is 9.92. The minimum atomic E-state index is -0.442. The van der Waals surface area contributed by atoms with Gasteiger partial charge in [0.25, 0.3) is 5.24 Å². The van der Waals surface area contributed by atoms with Gasteiger partial charge in [-0.05, 0) is 12.8 Å². The summed E-state index contributed by atoms with van der Waals surface area (Å²) in [6, 6.07) is -0.588. The zero-order valence-electron chi connectivity index (χ0n) is 8.94. The van der Waals surface area contributed by atoms with E-state index in [1.54, 1.807) is 0 Å². The molecule has 0 bridgehead atoms. The third kappa shape index (κ3) is 2.68. The third-order valence-electron chi connectivity index (χ3n) is 3.05. The van der Waals surface area contributed by atoms with E-state index >= 15 is 0 Å². The van der Waals surface area contributed by atoms with E-state index in [9.17, 15) is 14.7 Å². The first-order chi connectivity index (χ1) is 7.66. The number of carbonyl (C=O) groups is 2. The maximum Gasteiger partial charge on any atom is 0.279 e. The fourth-order valence-electron chi connectivity index (χ4n) is 2.09. The molecule has 5 nitrogen and oxygen atoms in total. The Balaban J connectivity index is 1.84.